The van der Waals surface area contributed by atoms with Gasteiger partial charge in [-0.2, -0.15) is 5.10 Å². The highest BCUT2D eigenvalue weighted by Crippen LogP contribution is 2.12. The molecule has 0 fully saturated rings. The highest BCUT2D eigenvalue weighted by Gasteiger charge is 2.08. The minimum atomic E-state index is -0.399. The lowest BCUT2D eigenvalue weighted by Gasteiger charge is -2.07. The van der Waals surface area contributed by atoms with E-state index in [0.717, 1.165) is 12.0 Å². The van der Waals surface area contributed by atoms with Gasteiger partial charge in [-0.25, -0.2) is 5.43 Å². The van der Waals surface area contributed by atoms with Crippen molar-refractivity contribution in [1.82, 2.24) is 10.7 Å². The van der Waals surface area contributed by atoms with Crippen LogP contribution in [0.4, 0.5) is 0 Å². The molecule has 0 aliphatic carbocycles. The van der Waals surface area contributed by atoms with Gasteiger partial charge in [-0.3, -0.25) is 9.59 Å². The quantitative estimate of drug-likeness (QED) is 0.518. The molecule has 0 saturated heterocycles. The first-order valence-electron chi connectivity index (χ1n) is 9.16. The topological polar surface area (TPSA) is 79.8 Å². The molecule has 2 rings (SSSR count). The van der Waals surface area contributed by atoms with E-state index < -0.39 is 5.91 Å². The van der Waals surface area contributed by atoms with E-state index in [4.69, 9.17) is 4.74 Å². The number of amides is 2. The van der Waals surface area contributed by atoms with Gasteiger partial charge in [-0.15, -0.1) is 0 Å². The SMILES string of the molecule is CCCOc1ccc(C(=O)NCC(=O)N/N=C(C)/C=C/c2ccccc2)cc1. The van der Waals surface area contributed by atoms with Crippen LogP contribution >= 0.6 is 0 Å². The fourth-order valence-corrected chi connectivity index (χ4v) is 2.19. The molecule has 0 aliphatic rings. The predicted molar refractivity (Wildman–Crippen MR) is 111 cm³/mol. The zero-order valence-electron chi connectivity index (χ0n) is 16.1. The van der Waals surface area contributed by atoms with Gasteiger partial charge in [0.05, 0.1) is 18.9 Å². The van der Waals surface area contributed by atoms with Gasteiger partial charge in [0.25, 0.3) is 11.8 Å². The van der Waals surface area contributed by atoms with Crippen LogP contribution < -0.4 is 15.5 Å². The zero-order chi connectivity index (χ0) is 20.2. The summed E-state index contributed by atoms with van der Waals surface area (Å²) < 4.78 is 5.47. The van der Waals surface area contributed by atoms with Crippen molar-refractivity contribution in [1.29, 1.82) is 0 Å². The van der Waals surface area contributed by atoms with E-state index in [-0.39, 0.29) is 12.5 Å². The number of hydrogen-bond donors (Lipinski definition) is 2. The minimum Gasteiger partial charge on any atom is -0.494 e. The molecule has 0 aliphatic heterocycles. The number of benzene rings is 2. The number of nitrogens with zero attached hydrogens (tertiary/aromatic N) is 1. The number of ether oxygens (including phenoxy) is 1. The molecular weight excluding hydrogens is 354 g/mol. The Hall–Kier alpha value is -3.41. The van der Waals surface area contributed by atoms with E-state index in [1.54, 1.807) is 37.3 Å². The maximum absolute atomic E-state index is 12.1. The van der Waals surface area contributed by atoms with Crippen molar-refractivity contribution in [2.75, 3.05) is 13.2 Å². The molecule has 2 N–H and O–H groups in total. The summed E-state index contributed by atoms with van der Waals surface area (Å²) in [5, 5.41) is 6.56. The van der Waals surface area contributed by atoms with Crippen LogP contribution in [0.5, 0.6) is 5.75 Å². The number of carbonyl (C=O) groups excluding carboxylic acids is 2. The number of nitrogens with one attached hydrogen (secondary N) is 2. The van der Waals surface area contributed by atoms with Crippen LogP contribution in [-0.4, -0.2) is 30.7 Å². The summed E-state index contributed by atoms with van der Waals surface area (Å²) in [6, 6.07) is 16.6. The average molecular weight is 379 g/mol. The lowest BCUT2D eigenvalue weighted by Crippen LogP contribution is -2.35. The molecule has 0 heterocycles. The molecular formula is C22H25N3O3. The summed E-state index contributed by atoms with van der Waals surface area (Å²) in [7, 11) is 0. The summed E-state index contributed by atoms with van der Waals surface area (Å²) in [6.07, 6.45) is 4.62. The molecule has 0 atom stereocenters. The highest BCUT2D eigenvalue weighted by atomic mass is 16.5. The molecule has 28 heavy (non-hydrogen) atoms. The van der Waals surface area contributed by atoms with E-state index in [1.807, 2.05) is 43.3 Å². The van der Waals surface area contributed by atoms with Crippen LogP contribution in [0.3, 0.4) is 0 Å². The third-order valence-electron chi connectivity index (χ3n) is 3.67. The fourth-order valence-electron chi connectivity index (χ4n) is 2.19. The van der Waals surface area contributed by atoms with Crippen LogP contribution in [0.1, 0.15) is 36.2 Å². The third kappa shape index (κ3) is 7.45. The lowest BCUT2D eigenvalue weighted by molar-refractivity contribution is -0.120. The first-order chi connectivity index (χ1) is 13.6. The number of hydrogen-bond acceptors (Lipinski definition) is 4. The van der Waals surface area contributed by atoms with E-state index in [9.17, 15) is 9.59 Å². The second-order valence-corrected chi connectivity index (χ2v) is 6.09. The first kappa shape index (κ1) is 20.9. The molecule has 0 bridgehead atoms. The molecule has 2 aromatic rings. The molecule has 0 saturated carbocycles. The van der Waals surface area contributed by atoms with Crippen LogP contribution in [-0.2, 0) is 4.79 Å². The summed E-state index contributed by atoms with van der Waals surface area (Å²) >= 11 is 0. The van der Waals surface area contributed by atoms with Crippen molar-refractivity contribution in [3.8, 4) is 5.75 Å². The van der Waals surface area contributed by atoms with Gasteiger partial charge in [0.1, 0.15) is 5.75 Å². The molecule has 2 amide bonds. The Kier molecular flexibility index (Phi) is 8.46. The Labute approximate surface area is 165 Å². The molecule has 0 aromatic heterocycles. The average Bonchev–Trinajstić information content (AvgIpc) is 2.74. The second kappa shape index (κ2) is 11.3. The van der Waals surface area contributed by atoms with Crippen molar-refractivity contribution in [2.45, 2.75) is 20.3 Å². The predicted octanol–water partition coefficient (Wildman–Crippen LogP) is 3.41. The number of hydrazone groups is 1. The molecule has 0 unspecified atom stereocenters. The molecule has 0 radical (unpaired) electrons. The normalized spacial score (nSPS) is 11.3. The summed E-state index contributed by atoms with van der Waals surface area (Å²) in [6.45, 7) is 4.27. The van der Waals surface area contributed by atoms with Gasteiger partial charge in [0.15, 0.2) is 0 Å². The Morgan fingerprint density at radius 1 is 1.07 bits per heavy atom. The first-order valence-corrected chi connectivity index (χ1v) is 9.16. The van der Waals surface area contributed by atoms with E-state index >= 15 is 0 Å². The van der Waals surface area contributed by atoms with E-state index in [2.05, 4.69) is 15.8 Å². The summed E-state index contributed by atoms with van der Waals surface area (Å²) in [4.78, 5) is 23.9. The van der Waals surface area contributed by atoms with Crippen molar-refractivity contribution < 1.29 is 14.3 Å². The molecule has 2 aromatic carbocycles. The highest BCUT2D eigenvalue weighted by molar-refractivity contribution is 5.98. The standard InChI is InChI=1S/C22H25N3O3/c1-3-15-28-20-13-11-19(12-14-20)22(27)23-16-21(26)25-24-17(2)9-10-18-7-5-4-6-8-18/h4-14H,3,15-16H2,1-2H3,(H,23,27)(H,25,26)/b10-9+,24-17+. The Morgan fingerprint density at radius 3 is 2.46 bits per heavy atom. The molecule has 146 valence electrons. The van der Waals surface area contributed by atoms with Gasteiger partial charge in [0.2, 0.25) is 0 Å². The monoisotopic (exact) mass is 379 g/mol. The van der Waals surface area contributed by atoms with Crippen molar-refractivity contribution >= 4 is 23.6 Å². The van der Waals surface area contributed by atoms with Crippen molar-refractivity contribution in [3.05, 3.63) is 71.8 Å². The molecule has 6 nitrogen and oxygen atoms in total. The Balaban J connectivity index is 1.76. The molecule has 0 spiro atoms. The number of rotatable bonds is 9. The lowest BCUT2D eigenvalue weighted by atomic mass is 10.2. The van der Waals surface area contributed by atoms with Crippen LogP contribution in [0, 0.1) is 0 Å². The third-order valence-corrected chi connectivity index (χ3v) is 3.67. The minimum absolute atomic E-state index is 0.161. The summed E-state index contributed by atoms with van der Waals surface area (Å²) in [5.41, 5.74) is 4.57. The van der Waals surface area contributed by atoms with Crippen LogP contribution in [0.15, 0.2) is 65.8 Å². The van der Waals surface area contributed by atoms with Crippen molar-refractivity contribution in [3.63, 3.8) is 0 Å². The smallest absolute Gasteiger partial charge is 0.259 e. The van der Waals surface area contributed by atoms with Gasteiger partial charge < -0.3 is 10.1 Å². The van der Waals surface area contributed by atoms with Crippen LogP contribution in [0.25, 0.3) is 6.08 Å². The fraction of sp³-hybridized carbons (Fsp3) is 0.227. The Morgan fingerprint density at radius 2 is 1.79 bits per heavy atom. The Bertz CT molecular complexity index is 828. The van der Waals surface area contributed by atoms with Gasteiger partial charge in [-0.05, 0) is 49.2 Å². The second-order valence-electron chi connectivity index (χ2n) is 6.09. The van der Waals surface area contributed by atoms with Crippen molar-refractivity contribution in [2.24, 2.45) is 5.10 Å². The van der Waals surface area contributed by atoms with Crippen LogP contribution in [0.2, 0.25) is 0 Å². The summed E-state index contributed by atoms with van der Waals surface area (Å²) in [5.74, 6) is -0.0184. The largest absolute Gasteiger partial charge is 0.494 e. The van der Waals surface area contributed by atoms with Gasteiger partial charge in [0, 0.05) is 5.56 Å². The maximum atomic E-state index is 12.1. The van der Waals surface area contributed by atoms with E-state index in [0.29, 0.717) is 23.6 Å². The van der Waals surface area contributed by atoms with E-state index in [1.165, 1.54) is 0 Å². The molecule has 6 heteroatoms. The number of carbonyl (C=O) groups is 2. The number of allylic oxidation sites excluding steroid dienone is 1. The van der Waals surface area contributed by atoms with Gasteiger partial charge >= 0.3 is 0 Å². The zero-order valence-corrected chi connectivity index (χ0v) is 16.1. The maximum Gasteiger partial charge on any atom is 0.259 e. The van der Waals surface area contributed by atoms with Gasteiger partial charge in [-0.1, -0.05) is 43.3 Å².